The highest BCUT2D eigenvalue weighted by Gasteiger charge is 2.25. The highest BCUT2D eigenvalue weighted by molar-refractivity contribution is 7.89. The first-order valence-electron chi connectivity index (χ1n) is 10.7. The third-order valence-corrected chi connectivity index (χ3v) is 7.28. The summed E-state index contributed by atoms with van der Waals surface area (Å²) in [7, 11) is -3.78. The van der Waals surface area contributed by atoms with Crippen LogP contribution in [0.5, 0.6) is 0 Å². The van der Waals surface area contributed by atoms with Gasteiger partial charge in [-0.05, 0) is 30.7 Å². The number of nitrogens with zero attached hydrogens (tertiary/aromatic N) is 1. The van der Waals surface area contributed by atoms with Crippen LogP contribution in [-0.2, 0) is 19.6 Å². The lowest BCUT2D eigenvalue weighted by Crippen LogP contribution is -2.44. The van der Waals surface area contributed by atoms with Crippen LogP contribution in [-0.4, -0.2) is 64.4 Å². The molecule has 10 heteroatoms. The molecule has 0 bridgehead atoms. The molecule has 2 aromatic rings. The fourth-order valence-electron chi connectivity index (χ4n) is 3.62. The summed E-state index contributed by atoms with van der Waals surface area (Å²) in [5, 5.41) is 3.53. The Labute approximate surface area is 199 Å². The van der Waals surface area contributed by atoms with E-state index in [1.807, 2.05) is 24.3 Å². The Balaban J connectivity index is 1.54. The summed E-state index contributed by atoms with van der Waals surface area (Å²) in [4.78, 5) is 26.0. The molecule has 1 unspecified atom stereocenters. The summed E-state index contributed by atoms with van der Waals surface area (Å²) in [5.41, 5.74) is 1.36. The van der Waals surface area contributed by atoms with Crippen molar-refractivity contribution in [3.8, 4) is 0 Å². The van der Waals surface area contributed by atoms with Crippen molar-refractivity contribution >= 4 is 33.3 Å². The topological polar surface area (TPSA) is 105 Å². The molecule has 1 aliphatic heterocycles. The lowest BCUT2D eigenvalue weighted by molar-refractivity contribution is -0.121. The third-order valence-electron chi connectivity index (χ3n) is 5.46. The summed E-state index contributed by atoms with van der Waals surface area (Å²) in [6.07, 6.45) is -0.0108. The van der Waals surface area contributed by atoms with Gasteiger partial charge in [0.1, 0.15) is 0 Å². The molecule has 1 aliphatic rings. The van der Waals surface area contributed by atoms with Gasteiger partial charge in [0.2, 0.25) is 15.9 Å². The van der Waals surface area contributed by atoms with Crippen molar-refractivity contribution in [3.63, 3.8) is 0 Å². The number of hydrogen-bond donors (Lipinski definition) is 2. The second-order valence-electron chi connectivity index (χ2n) is 7.72. The maximum Gasteiger partial charge on any atom is 0.240 e. The molecule has 1 amide bonds. The average molecular weight is 494 g/mol. The smallest absolute Gasteiger partial charge is 0.240 e. The van der Waals surface area contributed by atoms with Crippen LogP contribution in [0, 0.1) is 0 Å². The second kappa shape index (κ2) is 11.7. The van der Waals surface area contributed by atoms with E-state index >= 15 is 0 Å². The molecular weight excluding hydrogens is 466 g/mol. The molecule has 3 rings (SSSR count). The summed E-state index contributed by atoms with van der Waals surface area (Å²) < 4.78 is 32.7. The molecule has 0 radical (unpaired) electrons. The van der Waals surface area contributed by atoms with Gasteiger partial charge < -0.3 is 10.1 Å². The zero-order valence-corrected chi connectivity index (χ0v) is 20.0. The number of morpholine rings is 1. The molecule has 1 fully saturated rings. The SMILES string of the molecule is CC(=O)c1ccc(S(=O)(=O)NCCC(=O)NCC(c2ccccc2Cl)N2CCOCC2)cc1. The van der Waals surface area contributed by atoms with E-state index in [9.17, 15) is 18.0 Å². The molecule has 2 aromatic carbocycles. The predicted octanol–water partition coefficient (Wildman–Crippen LogP) is 2.40. The van der Waals surface area contributed by atoms with E-state index in [-0.39, 0.29) is 35.6 Å². The Morgan fingerprint density at radius 1 is 1.09 bits per heavy atom. The monoisotopic (exact) mass is 493 g/mol. The van der Waals surface area contributed by atoms with Crippen molar-refractivity contribution in [1.29, 1.82) is 0 Å². The van der Waals surface area contributed by atoms with E-state index < -0.39 is 10.0 Å². The number of sulfonamides is 1. The summed E-state index contributed by atoms with van der Waals surface area (Å²) in [5.74, 6) is -0.411. The molecule has 0 aliphatic carbocycles. The molecule has 1 heterocycles. The molecule has 178 valence electrons. The van der Waals surface area contributed by atoms with Gasteiger partial charge in [-0.1, -0.05) is 41.9 Å². The van der Waals surface area contributed by atoms with Gasteiger partial charge in [-0.15, -0.1) is 0 Å². The summed E-state index contributed by atoms with van der Waals surface area (Å²) >= 11 is 6.41. The number of ether oxygens (including phenoxy) is 1. The Hall–Kier alpha value is -2.30. The van der Waals surface area contributed by atoms with Crippen LogP contribution in [0.25, 0.3) is 0 Å². The quantitative estimate of drug-likeness (QED) is 0.492. The molecule has 0 saturated carbocycles. The number of carbonyl (C=O) groups is 2. The van der Waals surface area contributed by atoms with E-state index in [0.717, 1.165) is 18.7 Å². The van der Waals surface area contributed by atoms with Crippen LogP contribution >= 0.6 is 11.6 Å². The number of hydrogen-bond acceptors (Lipinski definition) is 6. The molecule has 1 atom stereocenters. The van der Waals surface area contributed by atoms with Crippen molar-refractivity contribution in [1.82, 2.24) is 14.9 Å². The van der Waals surface area contributed by atoms with E-state index in [1.54, 1.807) is 0 Å². The van der Waals surface area contributed by atoms with E-state index in [0.29, 0.717) is 30.3 Å². The molecular formula is C23H28ClN3O5S. The number of benzene rings is 2. The number of rotatable bonds is 10. The number of halogens is 1. The number of amides is 1. The fraction of sp³-hybridized carbons (Fsp3) is 0.391. The maximum atomic E-state index is 12.4. The molecule has 0 spiro atoms. The van der Waals surface area contributed by atoms with Gasteiger partial charge in [-0.3, -0.25) is 14.5 Å². The standard InChI is InChI=1S/C23H28ClN3O5S/c1-17(28)18-6-8-19(9-7-18)33(30,31)26-11-10-23(29)25-16-22(27-12-14-32-15-13-27)20-4-2-3-5-21(20)24/h2-9,22,26H,10-16H2,1H3,(H,25,29). The van der Waals surface area contributed by atoms with Crippen LogP contribution in [0.1, 0.15) is 35.3 Å². The second-order valence-corrected chi connectivity index (χ2v) is 9.89. The van der Waals surface area contributed by atoms with Gasteiger partial charge in [-0.2, -0.15) is 0 Å². The fourth-order valence-corrected chi connectivity index (χ4v) is 4.91. The van der Waals surface area contributed by atoms with Crippen molar-refractivity contribution in [2.24, 2.45) is 0 Å². The Morgan fingerprint density at radius 3 is 2.39 bits per heavy atom. The van der Waals surface area contributed by atoms with E-state index in [4.69, 9.17) is 16.3 Å². The Bertz CT molecular complexity index is 1070. The Morgan fingerprint density at radius 2 is 1.76 bits per heavy atom. The van der Waals surface area contributed by atoms with Crippen LogP contribution in [0.15, 0.2) is 53.4 Å². The van der Waals surface area contributed by atoms with Crippen LogP contribution in [0.3, 0.4) is 0 Å². The molecule has 33 heavy (non-hydrogen) atoms. The summed E-state index contributed by atoms with van der Waals surface area (Å²) in [6.45, 7) is 4.41. The number of carbonyl (C=O) groups excluding carboxylic acids is 2. The molecule has 1 saturated heterocycles. The maximum absolute atomic E-state index is 12.4. The van der Waals surface area contributed by atoms with Gasteiger partial charge >= 0.3 is 0 Å². The van der Waals surface area contributed by atoms with Crippen molar-refractivity contribution < 1.29 is 22.7 Å². The van der Waals surface area contributed by atoms with Gasteiger partial charge in [0, 0.05) is 43.2 Å². The predicted molar refractivity (Wildman–Crippen MR) is 126 cm³/mol. The Kier molecular flexibility index (Phi) is 8.99. The average Bonchev–Trinajstić information content (AvgIpc) is 2.81. The number of Topliss-reactive ketones (excluding diaryl/α,β-unsaturated/α-hetero) is 1. The highest BCUT2D eigenvalue weighted by atomic mass is 35.5. The highest BCUT2D eigenvalue weighted by Crippen LogP contribution is 2.27. The lowest BCUT2D eigenvalue weighted by atomic mass is 10.0. The lowest BCUT2D eigenvalue weighted by Gasteiger charge is -2.35. The first kappa shape index (κ1) is 25.3. The van der Waals surface area contributed by atoms with Gasteiger partial charge in [0.15, 0.2) is 5.78 Å². The van der Waals surface area contributed by atoms with Gasteiger partial charge in [0.05, 0.1) is 24.2 Å². The summed E-state index contributed by atoms with van der Waals surface area (Å²) in [6, 6.07) is 13.1. The zero-order chi connectivity index (χ0) is 23.8. The van der Waals surface area contributed by atoms with E-state index in [2.05, 4.69) is 14.9 Å². The van der Waals surface area contributed by atoms with Crippen molar-refractivity contribution in [2.45, 2.75) is 24.3 Å². The molecule has 8 nitrogen and oxygen atoms in total. The first-order valence-corrected chi connectivity index (χ1v) is 12.6. The van der Waals surface area contributed by atoms with E-state index in [1.165, 1.54) is 31.2 Å². The van der Waals surface area contributed by atoms with Crippen LogP contribution in [0.2, 0.25) is 5.02 Å². The number of ketones is 1. The minimum atomic E-state index is -3.78. The minimum absolute atomic E-state index is 0.0108. The van der Waals surface area contributed by atoms with Crippen LogP contribution in [0.4, 0.5) is 0 Å². The van der Waals surface area contributed by atoms with Crippen LogP contribution < -0.4 is 10.0 Å². The van der Waals surface area contributed by atoms with Gasteiger partial charge in [0.25, 0.3) is 0 Å². The molecule has 0 aromatic heterocycles. The van der Waals surface area contributed by atoms with Crippen molar-refractivity contribution in [3.05, 3.63) is 64.7 Å². The minimum Gasteiger partial charge on any atom is -0.379 e. The van der Waals surface area contributed by atoms with Crippen molar-refractivity contribution in [2.75, 3.05) is 39.4 Å². The first-order chi connectivity index (χ1) is 15.8. The zero-order valence-electron chi connectivity index (χ0n) is 18.4. The molecule has 2 N–H and O–H groups in total. The third kappa shape index (κ3) is 7.09. The largest absolute Gasteiger partial charge is 0.379 e. The normalized spacial score (nSPS) is 15.7. The van der Waals surface area contributed by atoms with Gasteiger partial charge in [-0.25, -0.2) is 13.1 Å². The number of nitrogens with one attached hydrogen (secondary N) is 2.